The smallest absolute Gasteiger partial charge is 0.306 e. The molecule has 22 heavy (non-hydrogen) atoms. The number of hydrogen-bond acceptors (Lipinski definition) is 3. The van der Waals surface area contributed by atoms with Crippen molar-refractivity contribution in [3.63, 3.8) is 0 Å². The fourth-order valence-electron chi connectivity index (χ4n) is 2.79. The van der Waals surface area contributed by atoms with Crippen molar-refractivity contribution in [1.82, 2.24) is 4.90 Å². The molecule has 0 bridgehead atoms. The summed E-state index contributed by atoms with van der Waals surface area (Å²) in [4.78, 5) is 26.1. The molecule has 0 spiro atoms. The fraction of sp³-hybridized carbons (Fsp3) is 0.778. The Hall–Kier alpha value is -1.50. The lowest BCUT2D eigenvalue weighted by Crippen LogP contribution is -2.44. The molecule has 4 nitrogen and oxygen atoms in total. The summed E-state index contributed by atoms with van der Waals surface area (Å²) in [6.45, 7) is 6.40. The molecule has 0 aromatic rings. The van der Waals surface area contributed by atoms with Gasteiger partial charge in [-0.1, -0.05) is 0 Å². The number of esters is 1. The zero-order chi connectivity index (χ0) is 16.6. The first-order chi connectivity index (χ1) is 10.3. The van der Waals surface area contributed by atoms with Crippen LogP contribution in [0.1, 0.15) is 72.1 Å². The van der Waals surface area contributed by atoms with Gasteiger partial charge in [0.25, 0.3) is 0 Å². The predicted molar refractivity (Wildman–Crippen MR) is 87.1 cm³/mol. The number of terminal acetylenes is 1. The van der Waals surface area contributed by atoms with Crippen LogP contribution in [-0.4, -0.2) is 35.0 Å². The first-order valence-electron chi connectivity index (χ1n) is 8.28. The van der Waals surface area contributed by atoms with E-state index in [1.807, 2.05) is 25.7 Å². The third-order valence-corrected chi connectivity index (χ3v) is 3.76. The second kappa shape index (κ2) is 8.82. The number of rotatable bonds is 6. The molecule has 0 aromatic carbocycles. The first-order valence-corrected chi connectivity index (χ1v) is 8.28. The molecule has 1 rings (SSSR count). The number of ether oxygens (including phenoxy) is 1. The lowest BCUT2D eigenvalue weighted by molar-refractivity contribution is -0.155. The largest absolute Gasteiger partial charge is 0.460 e. The first kappa shape index (κ1) is 18.5. The monoisotopic (exact) mass is 307 g/mol. The van der Waals surface area contributed by atoms with E-state index in [0.29, 0.717) is 25.7 Å². The summed E-state index contributed by atoms with van der Waals surface area (Å²) >= 11 is 0. The number of unbranched alkanes of at least 4 members (excludes halogenated alkanes) is 1. The Morgan fingerprint density at radius 3 is 2.64 bits per heavy atom. The number of carbonyl (C=O) groups is 2. The van der Waals surface area contributed by atoms with Gasteiger partial charge in [-0.25, -0.2) is 0 Å². The van der Waals surface area contributed by atoms with Gasteiger partial charge < -0.3 is 9.64 Å². The summed E-state index contributed by atoms with van der Waals surface area (Å²) in [6.07, 6.45) is 11.3. The third kappa shape index (κ3) is 6.98. The molecular formula is C18H29NO3. The van der Waals surface area contributed by atoms with Gasteiger partial charge in [0, 0.05) is 31.8 Å². The molecule has 1 atom stereocenters. The molecule has 1 saturated heterocycles. The lowest BCUT2D eigenvalue weighted by Gasteiger charge is -2.36. The highest BCUT2D eigenvalue weighted by Crippen LogP contribution is 2.23. The average Bonchev–Trinajstić information content (AvgIpc) is 2.44. The number of amides is 1. The van der Waals surface area contributed by atoms with Crippen molar-refractivity contribution in [2.45, 2.75) is 83.8 Å². The lowest BCUT2D eigenvalue weighted by atomic mass is 9.97. The molecule has 0 N–H and O–H groups in total. The van der Waals surface area contributed by atoms with Crippen LogP contribution in [0.2, 0.25) is 0 Å². The maximum Gasteiger partial charge on any atom is 0.306 e. The van der Waals surface area contributed by atoms with Gasteiger partial charge in [0.2, 0.25) is 5.91 Å². The molecule has 1 aliphatic rings. The van der Waals surface area contributed by atoms with E-state index >= 15 is 0 Å². The SMILES string of the molecule is C#CCCCC(=O)N1CCCCC1CCC(=O)OC(C)(C)C. The molecule has 0 aromatic heterocycles. The molecule has 1 heterocycles. The Morgan fingerprint density at radius 1 is 1.27 bits per heavy atom. The molecule has 124 valence electrons. The highest BCUT2D eigenvalue weighted by Gasteiger charge is 2.27. The third-order valence-electron chi connectivity index (χ3n) is 3.76. The molecule has 1 unspecified atom stereocenters. The van der Waals surface area contributed by atoms with E-state index in [1.165, 1.54) is 0 Å². The van der Waals surface area contributed by atoms with E-state index in [9.17, 15) is 9.59 Å². The summed E-state index contributed by atoms with van der Waals surface area (Å²) in [6, 6.07) is 0.166. The molecule has 1 aliphatic heterocycles. The van der Waals surface area contributed by atoms with Crippen molar-refractivity contribution < 1.29 is 14.3 Å². The Kier molecular flexibility index (Phi) is 7.44. The molecular weight excluding hydrogens is 278 g/mol. The minimum absolute atomic E-state index is 0.166. The second-order valence-electron chi connectivity index (χ2n) is 6.92. The van der Waals surface area contributed by atoms with Crippen LogP contribution in [0, 0.1) is 12.3 Å². The van der Waals surface area contributed by atoms with E-state index in [-0.39, 0.29) is 17.9 Å². The number of likely N-dealkylation sites (tertiary alicyclic amines) is 1. The summed E-state index contributed by atoms with van der Waals surface area (Å²) in [5.74, 6) is 2.55. The van der Waals surface area contributed by atoms with Gasteiger partial charge in [-0.05, 0) is 52.9 Å². The quantitative estimate of drug-likeness (QED) is 0.430. The van der Waals surface area contributed by atoms with Crippen LogP contribution in [0.5, 0.6) is 0 Å². The number of carbonyl (C=O) groups excluding carboxylic acids is 2. The van der Waals surface area contributed by atoms with Crippen LogP contribution in [0.4, 0.5) is 0 Å². The summed E-state index contributed by atoms with van der Waals surface area (Å²) < 4.78 is 5.34. The van der Waals surface area contributed by atoms with Gasteiger partial charge in [-0.2, -0.15) is 0 Å². The minimum Gasteiger partial charge on any atom is -0.460 e. The number of nitrogens with zero attached hydrogens (tertiary/aromatic N) is 1. The van der Waals surface area contributed by atoms with E-state index < -0.39 is 5.60 Å². The molecule has 1 amide bonds. The van der Waals surface area contributed by atoms with Gasteiger partial charge in [0.1, 0.15) is 5.60 Å². The molecule has 4 heteroatoms. The van der Waals surface area contributed by atoms with E-state index in [2.05, 4.69) is 5.92 Å². The van der Waals surface area contributed by atoms with Gasteiger partial charge in [-0.3, -0.25) is 9.59 Å². The number of hydrogen-bond donors (Lipinski definition) is 0. The van der Waals surface area contributed by atoms with Crippen molar-refractivity contribution in [3.05, 3.63) is 0 Å². The van der Waals surface area contributed by atoms with Crippen LogP contribution in [0.15, 0.2) is 0 Å². The summed E-state index contributed by atoms with van der Waals surface area (Å²) in [5.41, 5.74) is -0.450. The summed E-state index contributed by atoms with van der Waals surface area (Å²) in [7, 11) is 0. The Balaban J connectivity index is 2.46. The standard InChI is InChI=1S/C18H29NO3/c1-5-6-7-11-16(20)19-14-9-8-10-15(19)12-13-17(21)22-18(2,3)4/h1,15H,6-14H2,2-4H3. The van der Waals surface area contributed by atoms with E-state index in [1.54, 1.807) is 0 Å². The second-order valence-corrected chi connectivity index (χ2v) is 6.92. The highest BCUT2D eigenvalue weighted by molar-refractivity contribution is 5.76. The van der Waals surface area contributed by atoms with Crippen LogP contribution in [0.25, 0.3) is 0 Å². The Morgan fingerprint density at radius 2 is 2.00 bits per heavy atom. The number of piperidine rings is 1. The van der Waals surface area contributed by atoms with Crippen LogP contribution < -0.4 is 0 Å². The van der Waals surface area contributed by atoms with E-state index in [4.69, 9.17) is 11.2 Å². The topological polar surface area (TPSA) is 46.6 Å². The van der Waals surface area contributed by atoms with E-state index in [0.717, 1.165) is 32.2 Å². The van der Waals surface area contributed by atoms with Gasteiger partial charge >= 0.3 is 5.97 Å². The predicted octanol–water partition coefficient (Wildman–Crippen LogP) is 3.29. The molecule has 0 aliphatic carbocycles. The zero-order valence-electron chi connectivity index (χ0n) is 14.2. The Bertz CT molecular complexity index is 417. The molecule has 0 radical (unpaired) electrons. The fourth-order valence-corrected chi connectivity index (χ4v) is 2.79. The van der Waals surface area contributed by atoms with Crippen molar-refractivity contribution in [2.24, 2.45) is 0 Å². The average molecular weight is 307 g/mol. The van der Waals surface area contributed by atoms with Crippen molar-refractivity contribution in [2.75, 3.05) is 6.54 Å². The normalized spacial score (nSPS) is 18.6. The maximum absolute atomic E-state index is 12.3. The maximum atomic E-state index is 12.3. The van der Waals surface area contributed by atoms with Crippen LogP contribution in [-0.2, 0) is 14.3 Å². The van der Waals surface area contributed by atoms with Gasteiger partial charge in [0.05, 0.1) is 0 Å². The van der Waals surface area contributed by atoms with Gasteiger partial charge in [-0.15, -0.1) is 12.3 Å². The zero-order valence-corrected chi connectivity index (χ0v) is 14.2. The van der Waals surface area contributed by atoms with Crippen molar-refractivity contribution >= 4 is 11.9 Å². The van der Waals surface area contributed by atoms with Crippen LogP contribution in [0.3, 0.4) is 0 Å². The molecule has 0 saturated carbocycles. The van der Waals surface area contributed by atoms with Crippen molar-refractivity contribution in [1.29, 1.82) is 0 Å². The van der Waals surface area contributed by atoms with Crippen molar-refractivity contribution in [3.8, 4) is 12.3 Å². The summed E-state index contributed by atoms with van der Waals surface area (Å²) in [5, 5.41) is 0. The highest BCUT2D eigenvalue weighted by atomic mass is 16.6. The minimum atomic E-state index is -0.450. The van der Waals surface area contributed by atoms with Gasteiger partial charge in [0.15, 0.2) is 0 Å². The van der Waals surface area contributed by atoms with Crippen LogP contribution >= 0.6 is 0 Å². The molecule has 1 fully saturated rings. The Labute approximate surface area is 134 Å².